The van der Waals surface area contributed by atoms with E-state index in [0.29, 0.717) is 11.3 Å². The standard InChI is InChI=1S/C38H43N5O8/c1-23(44)40-28-20-30(35(48)42(21-25-8-6-5-7-9-25)29-17-15-27(16-18-29)34(39)47)43(22-28)36(49)33(38(2,3)4)41-31(45)19-12-24-10-13-26(14-11-24)32(46)37(50)51/h5-19,28,30,32-33,46H,20-22H2,1-4H3,(H2,39,47)(H,40,44)(H,41,45)(H,50,51)/t28-,30-,32?,33+/m0/s1. The molecule has 3 aromatic carbocycles. The van der Waals surface area contributed by atoms with E-state index in [0.717, 1.165) is 5.56 Å². The number of amides is 5. The first-order valence-corrected chi connectivity index (χ1v) is 16.4. The summed E-state index contributed by atoms with van der Waals surface area (Å²) in [5.41, 5.74) is 6.93. The molecule has 0 radical (unpaired) electrons. The largest absolute Gasteiger partial charge is 0.479 e. The number of nitrogens with two attached hydrogens (primary N) is 1. The quantitative estimate of drug-likeness (QED) is 0.178. The first kappa shape index (κ1) is 38.0. The molecule has 1 aliphatic heterocycles. The van der Waals surface area contributed by atoms with Gasteiger partial charge in [0.1, 0.15) is 12.1 Å². The van der Waals surface area contributed by atoms with Crippen LogP contribution < -0.4 is 21.3 Å². The number of aliphatic carboxylic acids is 1. The molecule has 268 valence electrons. The zero-order valence-corrected chi connectivity index (χ0v) is 28.9. The first-order chi connectivity index (χ1) is 24.0. The average molecular weight is 698 g/mol. The predicted molar refractivity (Wildman–Crippen MR) is 190 cm³/mol. The number of rotatable bonds is 12. The Labute approximate surface area is 296 Å². The summed E-state index contributed by atoms with van der Waals surface area (Å²) in [4.78, 5) is 80.0. The van der Waals surface area contributed by atoms with Crippen molar-refractivity contribution in [3.63, 3.8) is 0 Å². The fourth-order valence-corrected chi connectivity index (χ4v) is 5.86. The molecule has 5 amide bonds. The number of hydrogen-bond acceptors (Lipinski definition) is 7. The number of hydrogen-bond donors (Lipinski definition) is 5. The Kier molecular flexibility index (Phi) is 12.1. The highest BCUT2D eigenvalue weighted by Crippen LogP contribution is 2.29. The van der Waals surface area contributed by atoms with Gasteiger partial charge >= 0.3 is 5.97 Å². The average Bonchev–Trinajstić information content (AvgIpc) is 3.51. The third-order valence-corrected chi connectivity index (χ3v) is 8.50. The van der Waals surface area contributed by atoms with Gasteiger partial charge in [0.2, 0.25) is 29.5 Å². The summed E-state index contributed by atoms with van der Waals surface area (Å²) in [5.74, 6) is -3.83. The van der Waals surface area contributed by atoms with Gasteiger partial charge in [0.05, 0.1) is 6.54 Å². The number of primary amides is 1. The van der Waals surface area contributed by atoms with E-state index in [1.165, 1.54) is 53.1 Å². The maximum Gasteiger partial charge on any atom is 0.337 e. The zero-order valence-electron chi connectivity index (χ0n) is 28.9. The molecule has 0 bridgehead atoms. The second-order valence-corrected chi connectivity index (χ2v) is 13.5. The third-order valence-electron chi connectivity index (χ3n) is 8.50. The Morgan fingerprint density at radius 3 is 2.14 bits per heavy atom. The van der Waals surface area contributed by atoms with Crippen LogP contribution in [0.4, 0.5) is 5.69 Å². The number of nitrogens with one attached hydrogen (secondary N) is 2. The van der Waals surface area contributed by atoms with Crippen molar-refractivity contribution in [2.24, 2.45) is 11.1 Å². The second kappa shape index (κ2) is 16.3. The van der Waals surface area contributed by atoms with Crippen LogP contribution in [0.1, 0.15) is 67.3 Å². The number of carbonyl (C=O) groups is 6. The Hall–Kier alpha value is -5.82. The van der Waals surface area contributed by atoms with Gasteiger partial charge in [-0.2, -0.15) is 0 Å². The van der Waals surface area contributed by atoms with Crippen LogP contribution >= 0.6 is 0 Å². The van der Waals surface area contributed by atoms with Gasteiger partial charge in [-0.05, 0) is 58.9 Å². The molecule has 3 aromatic rings. The van der Waals surface area contributed by atoms with Crippen molar-refractivity contribution < 1.29 is 39.0 Å². The number of nitrogens with zero attached hydrogens (tertiary/aromatic N) is 2. The lowest BCUT2D eigenvalue weighted by Crippen LogP contribution is -2.58. The van der Waals surface area contributed by atoms with E-state index in [2.05, 4.69) is 10.6 Å². The number of carbonyl (C=O) groups excluding carboxylic acids is 5. The molecule has 13 heteroatoms. The lowest BCUT2D eigenvalue weighted by molar-refractivity contribution is -0.147. The number of likely N-dealkylation sites (tertiary alicyclic amines) is 1. The maximum atomic E-state index is 14.6. The van der Waals surface area contributed by atoms with Crippen molar-refractivity contribution in [3.05, 3.63) is 107 Å². The minimum atomic E-state index is -1.68. The summed E-state index contributed by atoms with van der Waals surface area (Å²) in [5, 5.41) is 24.4. The van der Waals surface area contributed by atoms with Gasteiger partial charge in [-0.1, -0.05) is 75.4 Å². The summed E-state index contributed by atoms with van der Waals surface area (Å²) in [6.45, 7) is 6.89. The van der Waals surface area contributed by atoms with Gasteiger partial charge in [0.25, 0.3) is 0 Å². The molecule has 6 N–H and O–H groups in total. The van der Waals surface area contributed by atoms with E-state index >= 15 is 0 Å². The van der Waals surface area contributed by atoms with Crippen molar-refractivity contribution in [2.45, 2.75) is 64.9 Å². The van der Waals surface area contributed by atoms with E-state index in [9.17, 15) is 33.9 Å². The number of carboxylic acids is 1. The highest BCUT2D eigenvalue weighted by molar-refractivity contribution is 6.02. The molecule has 51 heavy (non-hydrogen) atoms. The Morgan fingerprint density at radius 2 is 1.59 bits per heavy atom. The van der Waals surface area contributed by atoms with Crippen molar-refractivity contribution >= 4 is 47.3 Å². The van der Waals surface area contributed by atoms with Crippen LogP contribution in [-0.2, 0) is 30.5 Å². The monoisotopic (exact) mass is 697 g/mol. The second-order valence-electron chi connectivity index (χ2n) is 13.5. The Morgan fingerprint density at radius 1 is 0.961 bits per heavy atom. The Balaban J connectivity index is 1.62. The molecule has 1 heterocycles. The molecule has 0 spiro atoms. The topological polar surface area (TPSA) is 199 Å². The molecule has 13 nitrogen and oxygen atoms in total. The predicted octanol–water partition coefficient (Wildman–Crippen LogP) is 2.79. The number of anilines is 1. The smallest absolute Gasteiger partial charge is 0.337 e. The van der Waals surface area contributed by atoms with Gasteiger partial charge in [0, 0.05) is 36.8 Å². The molecule has 1 aliphatic rings. The molecule has 1 fully saturated rings. The van der Waals surface area contributed by atoms with Gasteiger partial charge in [-0.15, -0.1) is 0 Å². The molecule has 1 saturated heterocycles. The molecule has 1 unspecified atom stereocenters. The molecule has 4 rings (SSSR count). The van der Waals surface area contributed by atoms with Gasteiger partial charge in [0.15, 0.2) is 6.10 Å². The van der Waals surface area contributed by atoms with Crippen LogP contribution in [0, 0.1) is 5.41 Å². The minimum Gasteiger partial charge on any atom is -0.479 e. The van der Waals surface area contributed by atoms with E-state index in [4.69, 9.17) is 10.8 Å². The molecule has 0 aliphatic carbocycles. The van der Waals surface area contributed by atoms with Crippen LogP contribution in [0.2, 0.25) is 0 Å². The van der Waals surface area contributed by atoms with E-state index in [-0.39, 0.29) is 36.5 Å². The summed E-state index contributed by atoms with van der Waals surface area (Å²) >= 11 is 0. The van der Waals surface area contributed by atoms with Gasteiger partial charge < -0.3 is 36.4 Å². The van der Waals surface area contributed by atoms with Gasteiger partial charge in [-0.3, -0.25) is 24.0 Å². The highest BCUT2D eigenvalue weighted by Gasteiger charge is 2.46. The fourth-order valence-electron chi connectivity index (χ4n) is 5.86. The van der Waals surface area contributed by atoms with Crippen LogP contribution in [0.15, 0.2) is 84.9 Å². The van der Waals surface area contributed by atoms with E-state index in [1.807, 2.05) is 30.3 Å². The summed E-state index contributed by atoms with van der Waals surface area (Å²) in [7, 11) is 0. The number of carboxylic acid groups (broad SMARTS) is 1. The maximum absolute atomic E-state index is 14.6. The van der Waals surface area contributed by atoms with Crippen molar-refractivity contribution in [3.8, 4) is 0 Å². The van der Waals surface area contributed by atoms with Crippen LogP contribution in [0.25, 0.3) is 6.08 Å². The van der Waals surface area contributed by atoms with Crippen molar-refractivity contribution in [1.82, 2.24) is 15.5 Å². The number of benzene rings is 3. The number of aliphatic hydroxyl groups is 1. The normalized spacial score (nSPS) is 17.0. The highest BCUT2D eigenvalue weighted by atomic mass is 16.4. The van der Waals surface area contributed by atoms with Crippen LogP contribution in [-0.4, -0.2) is 75.3 Å². The third kappa shape index (κ3) is 9.88. The molecule has 0 aromatic heterocycles. The fraction of sp³-hybridized carbons (Fsp3) is 0.316. The van der Waals surface area contributed by atoms with Gasteiger partial charge in [-0.25, -0.2) is 4.79 Å². The zero-order chi connectivity index (χ0) is 37.5. The molecular formula is C38H43N5O8. The van der Waals surface area contributed by atoms with Crippen LogP contribution in [0.3, 0.4) is 0 Å². The van der Waals surface area contributed by atoms with E-state index < -0.39 is 59.2 Å². The summed E-state index contributed by atoms with van der Waals surface area (Å²) < 4.78 is 0. The molecule has 4 atom stereocenters. The SMILES string of the molecule is CC(=O)N[C@H]1C[C@@H](C(=O)N(Cc2ccccc2)c2ccc(C(N)=O)cc2)N(C(=O)[C@@H](NC(=O)C=Cc2ccc(C(O)C(=O)O)cc2)C(C)(C)C)C1. The molecule has 0 saturated carbocycles. The lowest BCUT2D eigenvalue weighted by Gasteiger charge is -2.36. The molecular weight excluding hydrogens is 654 g/mol. The first-order valence-electron chi connectivity index (χ1n) is 16.4. The van der Waals surface area contributed by atoms with Crippen molar-refractivity contribution in [2.75, 3.05) is 11.4 Å². The van der Waals surface area contributed by atoms with Crippen molar-refractivity contribution in [1.29, 1.82) is 0 Å². The van der Waals surface area contributed by atoms with E-state index in [1.54, 1.807) is 45.0 Å². The van der Waals surface area contributed by atoms with Crippen LogP contribution in [0.5, 0.6) is 0 Å². The number of aliphatic hydroxyl groups excluding tert-OH is 1. The summed E-state index contributed by atoms with van der Waals surface area (Å²) in [6.07, 6.45) is 1.17. The lowest BCUT2D eigenvalue weighted by atomic mass is 9.85. The summed E-state index contributed by atoms with van der Waals surface area (Å²) in [6, 6.07) is 18.9. The Bertz CT molecular complexity index is 1790. The minimum absolute atomic E-state index is 0.0292.